The van der Waals surface area contributed by atoms with Crippen LogP contribution in [0.3, 0.4) is 0 Å². The highest BCUT2D eigenvalue weighted by Gasteiger charge is 2.34. The monoisotopic (exact) mass is 390 g/mol. The number of rotatable bonds is 4. The highest BCUT2D eigenvalue weighted by atomic mass is 35.5. The molecule has 0 aliphatic rings. The quantitative estimate of drug-likeness (QED) is 0.493. The zero-order chi connectivity index (χ0) is 19.6. The summed E-state index contributed by atoms with van der Waals surface area (Å²) in [6, 6.07) is 10.9. The highest BCUT2D eigenvalue weighted by Crippen LogP contribution is 2.32. The first kappa shape index (κ1) is 18.6. The van der Waals surface area contributed by atoms with Crippen molar-refractivity contribution in [2.24, 2.45) is 0 Å². The second-order valence-electron chi connectivity index (χ2n) is 5.51. The molecule has 0 aliphatic carbocycles. The molecular weight excluding hydrogens is 381 g/mol. The van der Waals surface area contributed by atoms with E-state index in [0.29, 0.717) is 0 Å². The van der Waals surface area contributed by atoms with Crippen LogP contribution < -0.4 is 0 Å². The van der Waals surface area contributed by atoms with Gasteiger partial charge in [0.2, 0.25) is 0 Å². The number of Topliss-reactive ketones (excluding diaryl/α,β-unsaturated/α-hetero) is 1. The molecular formula is C18H10ClF3N4O. The zero-order valence-electron chi connectivity index (χ0n) is 13.5. The SMILES string of the molecule is N#Cc1ccc(Cl)nc1-n1ccc(CC(=O)c2ccccc2C(F)(F)F)n1. The molecule has 0 fully saturated rings. The molecule has 27 heavy (non-hydrogen) atoms. The molecule has 0 bridgehead atoms. The third kappa shape index (κ3) is 3.99. The van der Waals surface area contributed by atoms with Gasteiger partial charge in [-0.15, -0.1) is 0 Å². The molecule has 0 aliphatic heterocycles. The van der Waals surface area contributed by atoms with E-state index in [9.17, 15) is 18.0 Å². The second kappa shape index (κ2) is 7.21. The molecule has 0 saturated carbocycles. The highest BCUT2D eigenvalue weighted by molar-refractivity contribution is 6.29. The second-order valence-corrected chi connectivity index (χ2v) is 5.90. The number of carbonyl (C=O) groups excluding carboxylic acids is 1. The third-order valence-corrected chi connectivity index (χ3v) is 3.91. The van der Waals surface area contributed by atoms with Crippen LogP contribution in [0, 0.1) is 11.3 Å². The van der Waals surface area contributed by atoms with Crippen LogP contribution >= 0.6 is 11.6 Å². The molecule has 0 unspecified atom stereocenters. The summed E-state index contributed by atoms with van der Waals surface area (Å²) in [4.78, 5) is 16.4. The van der Waals surface area contributed by atoms with Crippen molar-refractivity contribution in [3.63, 3.8) is 0 Å². The summed E-state index contributed by atoms with van der Waals surface area (Å²) in [7, 11) is 0. The summed E-state index contributed by atoms with van der Waals surface area (Å²) in [5.74, 6) is -0.549. The third-order valence-electron chi connectivity index (χ3n) is 3.70. The first-order valence-electron chi connectivity index (χ1n) is 7.60. The number of hydrogen-bond donors (Lipinski definition) is 0. The van der Waals surface area contributed by atoms with Gasteiger partial charge in [0.05, 0.1) is 23.2 Å². The van der Waals surface area contributed by atoms with Gasteiger partial charge in [-0.25, -0.2) is 9.67 Å². The van der Waals surface area contributed by atoms with Crippen LogP contribution in [-0.2, 0) is 12.6 Å². The fourth-order valence-electron chi connectivity index (χ4n) is 2.49. The molecule has 0 N–H and O–H groups in total. The molecule has 0 saturated heterocycles. The number of halogens is 4. The summed E-state index contributed by atoms with van der Waals surface area (Å²) in [5.41, 5.74) is -0.957. The van der Waals surface area contributed by atoms with Gasteiger partial charge in [-0.3, -0.25) is 4.79 Å². The lowest BCUT2D eigenvalue weighted by atomic mass is 10.0. The largest absolute Gasteiger partial charge is 0.417 e. The zero-order valence-corrected chi connectivity index (χ0v) is 14.3. The van der Waals surface area contributed by atoms with Crippen LogP contribution in [0.5, 0.6) is 0 Å². The van der Waals surface area contributed by atoms with E-state index in [2.05, 4.69) is 10.1 Å². The Kier molecular flexibility index (Phi) is 4.97. The first-order valence-corrected chi connectivity index (χ1v) is 7.98. The maximum Gasteiger partial charge on any atom is 0.417 e. The van der Waals surface area contributed by atoms with Gasteiger partial charge < -0.3 is 0 Å². The van der Waals surface area contributed by atoms with Crippen molar-refractivity contribution >= 4 is 17.4 Å². The number of ketones is 1. The molecule has 136 valence electrons. The Balaban J connectivity index is 1.89. The minimum Gasteiger partial charge on any atom is -0.294 e. The van der Waals surface area contributed by atoms with Crippen LogP contribution in [0.25, 0.3) is 5.82 Å². The Hall–Kier alpha value is -3.18. The average molecular weight is 391 g/mol. The summed E-state index contributed by atoms with van der Waals surface area (Å²) < 4.78 is 40.5. The number of hydrogen-bond acceptors (Lipinski definition) is 4. The number of pyridine rings is 1. The molecule has 2 aromatic heterocycles. The van der Waals surface area contributed by atoms with E-state index >= 15 is 0 Å². The Labute approximate surface area is 156 Å². The van der Waals surface area contributed by atoms with E-state index in [4.69, 9.17) is 16.9 Å². The molecule has 3 rings (SSSR count). The van der Waals surface area contributed by atoms with Crippen molar-refractivity contribution in [2.75, 3.05) is 0 Å². The maximum absolute atomic E-state index is 13.1. The molecule has 2 heterocycles. The van der Waals surface area contributed by atoms with Gasteiger partial charge in [-0.05, 0) is 24.3 Å². The molecule has 0 radical (unpaired) electrons. The molecule has 0 spiro atoms. The van der Waals surface area contributed by atoms with E-state index in [1.807, 2.05) is 6.07 Å². The Morgan fingerprint density at radius 2 is 1.93 bits per heavy atom. The Morgan fingerprint density at radius 1 is 1.19 bits per heavy atom. The standard InChI is InChI=1S/C18H10ClF3N4O/c19-16-6-5-11(10-23)17(24-16)26-8-7-12(25-26)9-15(27)13-3-1-2-4-14(13)18(20,21)22/h1-8H,9H2. The van der Waals surface area contributed by atoms with Gasteiger partial charge in [-0.1, -0.05) is 29.8 Å². The number of alkyl halides is 3. The van der Waals surface area contributed by atoms with Crippen LogP contribution in [0.1, 0.15) is 27.2 Å². The molecule has 3 aromatic rings. The lowest BCUT2D eigenvalue weighted by Gasteiger charge is -2.11. The number of nitrogens with zero attached hydrogens (tertiary/aromatic N) is 4. The number of carbonyl (C=O) groups is 1. The topological polar surface area (TPSA) is 71.6 Å². The minimum atomic E-state index is -4.63. The van der Waals surface area contributed by atoms with Crippen LogP contribution in [0.2, 0.25) is 5.15 Å². The van der Waals surface area contributed by atoms with Gasteiger partial charge in [0.15, 0.2) is 11.6 Å². The smallest absolute Gasteiger partial charge is 0.294 e. The lowest BCUT2D eigenvalue weighted by Crippen LogP contribution is -2.14. The molecule has 5 nitrogen and oxygen atoms in total. The van der Waals surface area contributed by atoms with E-state index in [0.717, 1.165) is 12.1 Å². The van der Waals surface area contributed by atoms with Gasteiger partial charge in [0.1, 0.15) is 11.2 Å². The summed E-state index contributed by atoms with van der Waals surface area (Å²) >= 11 is 5.83. The van der Waals surface area contributed by atoms with Crippen LogP contribution in [0.4, 0.5) is 13.2 Å². The van der Waals surface area contributed by atoms with E-state index < -0.39 is 23.1 Å². The van der Waals surface area contributed by atoms with E-state index in [-0.39, 0.29) is 28.6 Å². The molecule has 0 atom stereocenters. The maximum atomic E-state index is 13.1. The van der Waals surface area contributed by atoms with Crippen LogP contribution in [0.15, 0.2) is 48.7 Å². The summed E-state index contributed by atoms with van der Waals surface area (Å²) in [6.07, 6.45) is -3.50. The van der Waals surface area contributed by atoms with Gasteiger partial charge in [0, 0.05) is 11.8 Å². The van der Waals surface area contributed by atoms with Crippen molar-refractivity contribution in [3.05, 3.63) is 76.2 Å². The van der Waals surface area contributed by atoms with Crippen molar-refractivity contribution in [1.82, 2.24) is 14.8 Å². The first-order chi connectivity index (χ1) is 12.8. The normalized spacial score (nSPS) is 11.2. The Bertz CT molecular complexity index is 1050. The number of benzene rings is 1. The van der Waals surface area contributed by atoms with E-state index in [1.54, 1.807) is 0 Å². The average Bonchev–Trinajstić information content (AvgIpc) is 3.09. The lowest BCUT2D eigenvalue weighted by molar-refractivity contribution is -0.137. The number of aromatic nitrogens is 3. The van der Waals surface area contributed by atoms with E-state index in [1.165, 1.54) is 41.2 Å². The van der Waals surface area contributed by atoms with Crippen LogP contribution in [-0.4, -0.2) is 20.5 Å². The fraction of sp³-hybridized carbons (Fsp3) is 0.111. The molecule has 1 aromatic carbocycles. The van der Waals surface area contributed by atoms with Crippen molar-refractivity contribution in [1.29, 1.82) is 5.26 Å². The predicted octanol–water partition coefficient (Wildman–Crippen LogP) is 4.24. The Morgan fingerprint density at radius 3 is 2.63 bits per heavy atom. The van der Waals surface area contributed by atoms with Gasteiger partial charge in [-0.2, -0.15) is 23.5 Å². The van der Waals surface area contributed by atoms with Crippen molar-refractivity contribution in [2.45, 2.75) is 12.6 Å². The number of nitriles is 1. The summed E-state index contributed by atoms with van der Waals surface area (Å²) in [6.45, 7) is 0. The van der Waals surface area contributed by atoms with Gasteiger partial charge in [0.25, 0.3) is 0 Å². The summed E-state index contributed by atoms with van der Waals surface area (Å²) in [5, 5.41) is 13.4. The molecule has 9 heteroatoms. The predicted molar refractivity (Wildman–Crippen MR) is 90.6 cm³/mol. The van der Waals surface area contributed by atoms with Crippen molar-refractivity contribution in [3.8, 4) is 11.9 Å². The van der Waals surface area contributed by atoms with Gasteiger partial charge >= 0.3 is 6.18 Å². The minimum absolute atomic E-state index is 0.149. The molecule has 0 amide bonds. The van der Waals surface area contributed by atoms with Crippen molar-refractivity contribution < 1.29 is 18.0 Å². The fourth-order valence-corrected chi connectivity index (χ4v) is 2.64.